The Morgan fingerprint density at radius 1 is 1.00 bits per heavy atom. The van der Waals surface area contributed by atoms with Crippen molar-refractivity contribution in [1.29, 1.82) is 0 Å². The van der Waals surface area contributed by atoms with Crippen LogP contribution in [0, 0.1) is 13.8 Å². The van der Waals surface area contributed by atoms with E-state index in [1.807, 2.05) is 43.3 Å². The number of hydrogen-bond acceptors (Lipinski definition) is 4. The van der Waals surface area contributed by atoms with Crippen LogP contribution in [-0.4, -0.2) is 19.2 Å². The molecule has 0 bridgehead atoms. The Morgan fingerprint density at radius 2 is 1.76 bits per heavy atom. The molecule has 1 N–H and O–H groups in total. The van der Waals surface area contributed by atoms with Crippen molar-refractivity contribution < 1.29 is 14.3 Å². The fourth-order valence-corrected chi connectivity index (χ4v) is 2.75. The zero-order valence-corrected chi connectivity index (χ0v) is 16.8. The van der Waals surface area contributed by atoms with E-state index in [0.717, 1.165) is 22.4 Å². The molecule has 5 nitrogen and oxygen atoms in total. The number of hydrogen-bond donors (Lipinski definition) is 1. The van der Waals surface area contributed by atoms with Crippen LogP contribution in [0.15, 0.2) is 71.8 Å². The molecule has 0 aliphatic heterocycles. The zero-order chi connectivity index (χ0) is 20.6. The van der Waals surface area contributed by atoms with E-state index in [9.17, 15) is 4.79 Å². The van der Waals surface area contributed by atoms with E-state index in [4.69, 9.17) is 9.47 Å². The Labute approximate surface area is 171 Å². The number of carbonyl (C=O) groups is 1. The van der Waals surface area contributed by atoms with E-state index in [0.29, 0.717) is 17.9 Å². The Balaban J connectivity index is 1.60. The summed E-state index contributed by atoms with van der Waals surface area (Å²) in [6.45, 7) is 4.49. The number of nitrogens with one attached hydrogen (secondary N) is 1. The second-order valence-electron chi connectivity index (χ2n) is 6.75. The lowest BCUT2D eigenvalue weighted by Gasteiger charge is -2.08. The van der Waals surface area contributed by atoms with Crippen molar-refractivity contribution in [1.82, 2.24) is 5.43 Å². The summed E-state index contributed by atoms with van der Waals surface area (Å²) in [5, 5.41) is 4.05. The van der Waals surface area contributed by atoms with Gasteiger partial charge in [0.05, 0.1) is 18.9 Å². The largest absolute Gasteiger partial charge is 0.496 e. The van der Waals surface area contributed by atoms with E-state index in [1.165, 1.54) is 12.7 Å². The molecule has 148 valence electrons. The lowest BCUT2D eigenvalue weighted by Crippen LogP contribution is -2.18. The van der Waals surface area contributed by atoms with Gasteiger partial charge in [-0.1, -0.05) is 48.0 Å². The van der Waals surface area contributed by atoms with Crippen LogP contribution < -0.4 is 14.9 Å². The van der Waals surface area contributed by atoms with Gasteiger partial charge >= 0.3 is 0 Å². The van der Waals surface area contributed by atoms with Crippen molar-refractivity contribution in [3.05, 3.63) is 94.5 Å². The highest BCUT2D eigenvalue weighted by atomic mass is 16.5. The van der Waals surface area contributed by atoms with Crippen LogP contribution in [0.5, 0.6) is 11.5 Å². The molecule has 0 radical (unpaired) electrons. The van der Waals surface area contributed by atoms with Crippen molar-refractivity contribution in [2.24, 2.45) is 5.10 Å². The first-order valence-corrected chi connectivity index (χ1v) is 9.31. The SMILES string of the molecule is COc1cc(C)ccc1C(=O)NN=Cc1cccc(OCc2ccc(C)cc2)c1. The molecule has 29 heavy (non-hydrogen) atoms. The number of benzene rings is 3. The highest BCUT2D eigenvalue weighted by molar-refractivity contribution is 5.97. The summed E-state index contributed by atoms with van der Waals surface area (Å²) in [7, 11) is 1.54. The van der Waals surface area contributed by atoms with Gasteiger partial charge in [-0.25, -0.2) is 5.43 Å². The molecule has 1 amide bonds. The third-order valence-electron chi connectivity index (χ3n) is 4.37. The summed E-state index contributed by atoms with van der Waals surface area (Å²) in [6, 6.07) is 21.2. The van der Waals surface area contributed by atoms with E-state index >= 15 is 0 Å². The van der Waals surface area contributed by atoms with Gasteiger partial charge in [0.2, 0.25) is 0 Å². The molecule has 5 heteroatoms. The predicted molar refractivity (Wildman–Crippen MR) is 115 cm³/mol. The number of ether oxygens (including phenoxy) is 2. The molecule has 0 aliphatic rings. The summed E-state index contributed by atoms with van der Waals surface area (Å²) in [4.78, 5) is 12.3. The number of methoxy groups -OCH3 is 1. The molecule has 0 saturated heterocycles. The summed E-state index contributed by atoms with van der Waals surface area (Å²) < 4.78 is 11.1. The van der Waals surface area contributed by atoms with Gasteiger partial charge in [0, 0.05) is 0 Å². The zero-order valence-electron chi connectivity index (χ0n) is 16.8. The van der Waals surface area contributed by atoms with Gasteiger partial charge in [-0.15, -0.1) is 0 Å². The third-order valence-corrected chi connectivity index (χ3v) is 4.37. The molecule has 3 aromatic rings. The quantitative estimate of drug-likeness (QED) is 0.473. The van der Waals surface area contributed by atoms with Crippen LogP contribution in [-0.2, 0) is 6.61 Å². The van der Waals surface area contributed by atoms with Crippen molar-refractivity contribution >= 4 is 12.1 Å². The molecule has 0 heterocycles. The topological polar surface area (TPSA) is 59.9 Å². The Bertz CT molecular complexity index is 1010. The number of rotatable bonds is 7. The van der Waals surface area contributed by atoms with Gasteiger partial charge in [-0.3, -0.25) is 4.79 Å². The van der Waals surface area contributed by atoms with Gasteiger partial charge in [0.15, 0.2) is 0 Å². The molecular formula is C24H24N2O3. The maximum Gasteiger partial charge on any atom is 0.275 e. The minimum atomic E-state index is -0.329. The highest BCUT2D eigenvalue weighted by Gasteiger charge is 2.11. The minimum absolute atomic E-state index is 0.329. The molecule has 3 aromatic carbocycles. The molecule has 0 aliphatic carbocycles. The molecule has 0 saturated carbocycles. The van der Waals surface area contributed by atoms with Gasteiger partial charge in [-0.05, 0) is 54.8 Å². The number of nitrogens with zero attached hydrogens (tertiary/aromatic N) is 1. The molecule has 0 atom stereocenters. The van der Waals surface area contributed by atoms with E-state index in [2.05, 4.69) is 41.7 Å². The van der Waals surface area contributed by atoms with Crippen molar-refractivity contribution in [3.8, 4) is 11.5 Å². The fraction of sp³-hybridized carbons (Fsp3) is 0.167. The Morgan fingerprint density at radius 3 is 2.52 bits per heavy atom. The van der Waals surface area contributed by atoms with Crippen molar-refractivity contribution in [2.45, 2.75) is 20.5 Å². The summed E-state index contributed by atoms with van der Waals surface area (Å²) in [5.41, 5.74) is 7.13. The standard InChI is InChI=1S/C24H24N2O3/c1-17-7-10-19(11-8-17)16-29-21-6-4-5-20(14-21)15-25-26-24(27)22-12-9-18(2)13-23(22)28-3/h4-15H,16H2,1-3H3,(H,26,27). The van der Waals surface area contributed by atoms with E-state index < -0.39 is 0 Å². The predicted octanol–water partition coefficient (Wildman–Crippen LogP) is 4.65. The molecule has 0 unspecified atom stereocenters. The molecule has 3 rings (SSSR count). The van der Waals surface area contributed by atoms with Crippen LogP contribution in [0.4, 0.5) is 0 Å². The average Bonchev–Trinajstić information content (AvgIpc) is 2.73. The normalized spacial score (nSPS) is 10.7. The average molecular weight is 388 g/mol. The molecule has 0 spiro atoms. The summed E-state index contributed by atoms with van der Waals surface area (Å²) >= 11 is 0. The lowest BCUT2D eigenvalue weighted by molar-refractivity contribution is 0.0952. The van der Waals surface area contributed by atoms with Crippen LogP contribution >= 0.6 is 0 Å². The maximum atomic E-state index is 12.3. The monoisotopic (exact) mass is 388 g/mol. The first-order valence-electron chi connectivity index (χ1n) is 9.31. The Hall–Kier alpha value is -3.60. The first kappa shape index (κ1) is 20.1. The molecule has 0 fully saturated rings. The molecular weight excluding hydrogens is 364 g/mol. The first-order chi connectivity index (χ1) is 14.0. The lowest BCUT2D eigenvalue weighted by atomic mass is 10.1. The minimum Gasteiger partial charge on any atom is -0.496 e. The summed E-state index contributed by atoms with van der Waals surface area (Å²) in [6.07, 6.45) is 1.58. The van der Waals surface area contributed by atoms with Gasteiger partial charge in [0.1, 0.15) is 18.1 Å². The van der Waals surface area contributed by atoms with Gasteiger partial charge < -0.3 is 9.47 Å². The second-order valence-corrected chi connectivity index (χ2v) is 6.75. The fourth-order valence-electron chi connectivity index (χ4n) is 2.75. The van der Waals surface area contributed by atoms with E-state index in [1.54, 1.807) is 12.3 Å². The number of hydrazone groups is 1. The van der Waals surface area contributed by atoms with Crippen LogP contribution in [0.2, 0.25) is 0 Å². The van der Waals surface area contributed by atoms with Crippen molar-refractivity contribution in [3.63, 3.8) is 0 Å². The van der Waals surface area contributed by atoms with Crippen LogP contribution in [0.1, 0.15) is 32.6 Å². The smallest absolute Gasteiger partial charge is 0.275 e. The summed E-state index contributed by atoms with van der Waals surface area (Å²) in [5.74, 6) is 0.926. The number of carbonyl (C=O) groups excluding carboxylic acids is 1. The highest BCUT2D eigenvalue weighted by Crippen LogP contribution is 2.19. The van der Waals surface area contributed by atoms with Gasteiger partial charge in [-0.2, -0.15) is 5.10 Å². The third kappa shape index (κ3) is 5.69. The Kier molecular flexibility index (Phi) is 6.63. The van der Waals surface area contributed by atoms with Crippen LogP contribution in [0.25, 0.3) is 0 Å². The second kappa shape index (κ2) is 9.55. The number of amides is 1. The van der Waals surface area contributed by atoms with E-state index in [-0.39, 0.29) is 5.91 Å². The number of aryl methyl sites for hydroxylation is 2. The van der Waals surface area contributed by atoms with Crippen molar-refractivity contribution in [2.75, 3.05) is 7.11 Å². The maximum absolute atomic E-state index is 12.3. The molecule has 0 aromatic heterocycles. The van der Waals surface area contributed by atoms with Gasteiger partial charge in [0.25, 0.3) is 5.91 Å². The van der Waals surface area contributed by atoms with Crippen LogP contribution in [0.3, 0.4) is 0 Å².